The van der Waals surface area contributed by atoms with Crippen LogP contribution in [0.1, 0.15) is 84.5 Å². The van der Waals surface area contributed by atoms with Crippen LogP contribution in [0.5, 0.6) is 0 Å². The van der Waals surface area contributed by atoms with Crippen molar-refractivity contribution in [3.63, 3.8) is 0 Å². The number of amides is 3. The summed E-state index contributed by atoms with van der Waals surface area (Å²) in [5.74, 6) is 0. The summed E-state index contributed by atoms with van der Waals surface area (Å²) in [7, 11) is 1.30. The van der Waals surface area contributed by atoms with Crippen LogP contribution in [0.2, 0.25) is 0 Å². The highest BCUT2D eigenvalue weighted by atomic mass is 16.5. The molecule has 1 fully saturated rings. The molecule has 0 aromatic rings. The van der Waals surface area contributed by atoms with E-state index in [0.717, 1.165) is 12.8 Å². The molecule has 0 saturated carbocycles. The minimum atomic E-state index is -0.569. The molecular formula is C18H34N2O3. The molecule has 0 aliphatic carbocycles. The Kier molecular flexibility index (Phi) is 9.72. The van der Waals surface area contributed by atoms with Gasteiger partial charge in [-0.25, -0.2) is 14.5 Å². The number of urea groups is 1. The summed E-state index contributed by atoms with van der Waals surface area (Å²) in [5.41, 5.74) is 0. The molecule has 0 aromatic heterocycles. The smallest absolute Gasteiger partial charge is 0.418 e. The van der Waals surface area contributed by atoms with Gasteiger partial charge in [-0.1, -0.05) is 71.1 Å². The summed E-state index contributed by atoms with van der Waals surface area (Å²) in [6.07, 6.45) is 13.4. The van der Waals surface area contributed by atoms with Gasteiger partial charge in [0.15, 0.2) is 0 Å². The summed E-state index contributed by atoms with van der Waals surface area (Å²) < 4.78 is 4.65. The zero-order chi connectivity index (χ0) is 17.1. The Labute approximate surface area is 141 Å². The number of unbranched alkanes of at least 4 members (excludes halogenated alkanes) is 9. The average molecular weight is 326 g/mol. The Morgan fingerprint density at radius 2 is 1.57 bits per heavy atom. The normalized spacial score (nSPS) is 20.7. The highest BCUT2D eigenvalue weighted by molar-refractivity contribution is 5.93. The Balaban J connectivity index is 2.06. The lowest BCUT2D eigenvalue weighted by atomic mass is 10.0. The molecule has 1 aliphatic heterocycles. The van der Waals surface area contributed by atoms with Gasteiger partial charge in [-0.2, -0.15) is 0 Å². The van der Waals surface area contributed by atoms with Crippen LogP contribution in [0, 0.1) is 0 Å². The molecule has 23 heavy (non-hydrogen) atoms. The monoisotopic (exact) mass is 326 g/mol. The summed E-state index contributed by atoms with van der Waals surface area (Å²) in [5, 5.41) is 2.89. The number of nitrogens with one attached hydrogen (secondary N) is 1. The van der Waals surface area contributed by atoms with Gasteiger partial charge in [0.05, 0.1) is 19.2 Å². The number of ether oxygens (including phenoxy) is 1. The van der Waals surface area contributed by atoms with Crippen molar-refractivity contribution in [1.29, 1.82) is 0 Å². The molecule has 1 aliphatic rings. The molecule has 2 atom stereocenters. The van der Waals surface area contributed by atoms with E-state index in [4.69, 9.17) is 0 Å². The van der Waals surface area contributed by atoms with Crippen molar-refractivity contribution in [2.24, 2.45) is 0 Å². The highest BCUT2D eigenvalue weighted by Gasteiger charge is 2.40. The fraction of sp³-hybridized carbons (Fsp3) is 0.889. The largest absolute Gasteiger partial charge is 0.452 e. The van der Waals surface area contributed by atoms with Crippen LogP contribution in [0.4, 0.5) is 9.59 Å². The van der Waals surface area contributed by atoms with Gasteiger partial charge < -0.3 is 10.1 Å². The molecule has 1 heterocycles. The maximum Gasteiger partial charge on any atom is 0.418 e. The van der Waals surface area contributed by atoms with Crippen molar-refractivity contribution >= 4 is 12.1 Å². The van der Waals surface area contributed by atoms with E-state index in [1.165, 1.54) is 69.8 Å². The van der Waals surface area contributed by atoms with Gasteiger partial charge in [0.2, 0.25) is 0 Å². The first-order chi connectivity index (χ1) is 11.1. The SMILES string of the molecule is CCCCCCCCCCCCC1NC(=O)N(C(=O)OC)C1C. The first-order valence-electron chi connectivity index (χ1n) is 9.29. The molecule has 0 spiro atoms. The van der Waals surface area contributed by atoms with Gasteiger partial charge in [-0.05, 0) is 13.3 Å². The minimum absolute atomic E-state index is 0.0515. The van der Waals surface area contributed by atoms with Crippen molar-refractivity contribution in [3.8, 4) is 0 Å². The van der Waals surface area contributed by atoms with Crippen molar-refractivity contribution < 1.29 is 14.3 Å². The van der Waals surface area contributed by atoms with E-state index >= 15 is 0 Å². The zero-order valence-electron chi connectivity index (χ0n) is 15.1. The van der Waals surface area contributed by atoms with Gasteiger partial charge in [0.25, 0.3) is 0 Å². The maximum atomic E-state index is 11.8. The van der Waals surface area contributed by atoms with E-state index in [1.807, 2.05) is 6.92 Å². The second-order valence-corrected chi connectivity index (χ2v) is 6.61. The lowest BCUT2D eigenvalue weighted by Gasteiger charge is -2.19. The molecule has 3 amide bonds. The van der Waals surface area contributed by atoms with Gasteiger partial charge in [0, 0.05) is 0 Å². The fourth-order valence-electron chi connectivity index (χ4n) is 3.23. The standard InChI is InChI=1S/C18H34N2O3/c1-4-5-6-7-8-9-10-11-12-13-14-16-15(2)20(17(21)19-16)18(22)23-3/h15-16H,4-14H2,1-3H3,(H,19,21). The number of hydrogen-bond acceptors (Lipinski definition) is 3. The van der Waals surface area contributed by atoms with Gasteiger partial charge in [-0.3, -0.25) is 0 Å². The molecule has 134 valence electrons. The van der Waals surface area contributed by atoms with Gasteiger partial charge in [-0.15, -0.1) is 0 Å². The van der Waals surface area contributed by atoms with Gasteiger partial charge in [0.1, 0.15) is 0 Å². The van der Waals surface area contributed by atoms with Crippen molar-refractivity contribution in [2.75, 3.05) is 7.11 Å². The zero-order valence-corrected chi connectivity index (χ0v) is 15.1. The Morgan fingerprint density at radius 3 is 2.09 bits per heavy atom. The first-order valence-corrected chi connectivity index (χ1v) is 9.29. The van der Waals surface area contributed by atoms with Crippen molar-refractivity contribution in [1.82, 2.24) is 10.2 Å². The second-order valence-electron chi connectivity index (χ2n) is 6.61. The maximum absolute atomic E-state index is 11.8. The fourth-order valence-corrected chi connectivity index (χ4v) is 3.23. The molecule has 2 unspecified atom stereocenters. The molecule has 5 nitrogen and oxygen atoms in total. The number of methoxy groups -OCH3 is 1. The molecule has 1 N–H and O–H groups in total. The molecular weight excluding hydrogens is 292 g/mol. The summed E-state index contributed by atoms with van der Waals surface area (Å²) in [6.45, 7) is 4.15. The third kappa shape index (κ3) is 6.80. The predicted octanol–water partition coefficient (Wildman–Crippen LogP) is 4.85. The summed E-state index contributed by atoms with van der Waals surface area (Å²) >= 11 is 0. The van der Waals surface area contributed by atoms with Crippen LogP contribution in [-0.2, 0) is 4.74 Å². The molecule has 0 bridgehead atoms. The minimum Gasteiger partial charge on any atom is -0.452 e. The van der Waals surface area contributed by atoms with Crippen molar-refractivity contribution in [3.05, 3.63) is 0 Å². The van der Waals surface area contributed by atoms with Crippen LogP contribution in [0.15, 0.2) is 0 Å². The lowest BCUT2D eigenvalue weighted by molar-refractivity contribution is 0.126. The number of nitrogens with zero attached hydrogens (tertiary/aromatic N) is 1. The average Bonchev–Trinajstić information content (AvgIpc) is 2.82. The number of rotatable bonds is 11. The Bertz CT molecular complexity index is 360. The Hall–Kier alpha value is -1.26. The van der Waals surface area contributed by atoms with E-state index in [2.05, 4.69) is 17.0 Å². The van der Waals surface area contributed by atoms with Crippen LogP contribution >= 0.6 is 0 Å². The molecule has 0 aromatic carbocycles. The Morgan fingerprint density at radius 1 is 1.04 bits per heavy atom. The summed E-state index contributed by atoms with van der Waals surface area (Å²) in [6, 6.07) is -0.411. The second kappa shape index (κ2) is 11.3. The van der Waals surface area contributed by atoms with E-state index in [9.17, 15) is 9.59 Å². The lowest BCUT2D eigenvalue weighted by Crippen LogP contribution is -2.39. The number of hydrogen-bond donors (Lipinski definition) is 1. The first kappa shape index (κ1) is 19.8. The van der Waals surface area contributed by atoms with Crippen LogP contribution in [0.3, 0.4) is 0 Å². The quantitative estimate of drug-likeness (QED) is 0.552. The van der Waals surface area contributed by atoms with Crippen LogP contribution < -0.4 is 5.32 Å². The van der Waals surface area contributed by atoms with Crippen molar-refractivity contribution in [2.45, 2.75) is 96.6 Å². The van der Waals surface area contributed by atoms with Crippen LogP contribution in [0.25, 0.3) is 0 Å². The number of carbonyl (C=O) groups is 2. The topological polar surface area (TPSA) is 58.6 Å². The highest BCUT2D eigenvalue weighted by Crippen LogP contribution is 2.20. The van der Waals surface area contributed by atoms with E-state index in [0.29, 0.717) is 0 Å². The third-order valence-electron chi connectivity index (χ3n) is 4.76. The molecule has 1 saturated heterocycles. The number of carbonyl (C=O) groups excluding carboxylic acids is 2. The van der Waals surface area contributed by atoms with E-state index < -0.39 is 6.09 Å². The van der Waals surface area contributed by atoms with Crippen LogP contribution in [-0.4, -0.2) is 36.2 Å². The van der Waals surface area contributed by atoms with E-state index in [-0.39, 0.29) is 18.1 Å². The predicted molar refractivity (Wildman–Crippen MR) is 92.5 cm³/mol. The molecule has 1 rings (SSSR count). The molecule has 5 heteroatoms. The third-order valence-corrected chi connectivity index (χ3v) is 4.76. The summed E-state index contributed by atoms with van der Waals surface area (Å²) in [4.78, 5) is 24.5. The van der Waals surface area contributed by atoms with E-state index in [1.54, 1.807) is 0 Å². The van der Waals surface area contributed by atoms with Gasteiger partial charge >= 0.3 is 12.1 Å². The number of imide groups is 1. The molecule has 0 radical (unpaired) electrons.